The molecular formula is C19H27N3O3. The number of hydrogen-bond acceptors (Lipinski definition) is 3. The number of amides is 3. The molecule has 0 bridgehead atoms. The summed E-state index contributed by atoms with van der Waals surface area (Å²) in [5, 5.41) is 12.5. The second kappa shape index (κ2) is 7.87. The van der Waals surface area contributed by atoms with Crippen LogP contribution in [0.2, 0.25) is 0 Å². The Morgan fingerprint density at radius 3 is 2.52 bits per heavy atom. The fourth-order valence-electron chi connectivity index (χ4n) is 3.60. The predicted octanol–water partition coefficient (Wildman–Crippen LogP) is 2.69. The summed E-state index contributed by atoms with van der Waals surface area (Å²) in [6.45, 7) is 3.94. The number of aliphatic hydroxyl groups excluding tert-OH is 1. The first kappa shape index (κ1) is 17.7. The third kappa shape index (κ3) is 4.31. The lowest BCUT2D eigenvalue weighted by Gasteiger charge is -2.33. The molecule has 1 aromatic rings. The number of nitrogens with one attached hydrogen (secondary N) is 1. The first-order valence-electron chi connectivity index (χ1n) is 9.19. The van der Waals surface area contributed by atoms with Crippen molar-refractivity contribution in [1.29, 1.82) is 0 Å². The normalized spacial score (nSPS) is 24.1. The topological polar surface area (TPSA) is 72.9 Å². The van der Waals surface area contributed by atoms with Crippen LogP contribution >= 0.6 is 0 Å². The molecule has 2 fully saturated rings. The zero-order valence-electron chi connectivity index (χ0n) is 14.8. The number of β-amino-alcohol motifs (C(OH)–C–C–N with tert-alkyl or cyclic N) is 1. The van der Waals surface area contributed by atoms with Gasteiger partial charge >= 0.3 is 6.03 Å². The van der Waals surface area contributed by atoms with Gasteiger partial charge in [0, 0.05) is 36.9 Å². The minimum Gasteiger partial charge on any atom is -0.391 e. The third-order valence-corrected chi connectivity index (χ3v) is 5.13. The number of likely N-dealkylation sites (tertiary alicyclic amines) is 2. The molecule has 2 N–H and O–H groups in total. The summed E-state index contributed by atoms with van der Waals surface area (Å²) in [4.78, 5) is 28.4. The standard InChI is InChI=1S/C19H27N3O3/c1-14-5-2-3-12-22(14)18(24)15-7-9-16(10-8-15)20-19(25)21-11-4-6-17(23)13-21/h7-10,14,17,23H,2-6,11-13H2,1H3,(H,20,25)/t14-,17+/m0/s1. The molecule has 2 atom stereocenters. The van der Waals surface area contributed by atoms with Gasteiger partial charge in [-0.3, -0.25) is 4.79 Å². The zero-order chi connectivity index (χ0) is 17.8. The summed E-state index contributed by atoms with van der Waals surface area (Å²) in [7, 11) is 0. The molecule has 2 saturated heterocycles. The lowest BCUT2D eigenvalue weighted by molar-refractivity contribution is 0.0635. The minimum absolute atomic E-state index is 0.0595. The van der Waals surface area contributed by atoms with Gasteiger partial charge in [0.1, 0.15) is 0 Å². The van der Waals surface area contributed by atoms with Crippen molar-refractivity contribution in [2.45, 2.75) is 51.2 Å². The van der Waals surface area contributed by atoms with E-state index in [2.05, 4.69) is 12.2 Å². The summed E-state index contributed by atoms with van der Waals surface area (Å²) in [6, 6.07) is 7.14. The number of anilines is 1. The number of hydrogen-bond donors (Lipinski definition) is 2. The maximum absolute atomic E-state index is 12.6. The minimum atomic E-state index is -0.439. The van der Waals surface area contributed by atoms with E-state index in [0.717, 1.165) is 32.2 Å². The van der Waals surface area contributed by atoms with Gasteiger partial charge in [0.2, 0.25) is 0 Å². The van der Waals surface area contributed by atoms with Crippen LogP contribution < -0.4 is 5.32 Å². The molecule has 6 heteroatoms. The highest BCUT2D eigenvalue weighted by Crippen LogP contribution is 2.20. The van der Waals surface area contributed by atoms with Crippen molar-refractivity contribution in [1.82, 2.24) is 9.80 Å². The molecule has 0 aliphatic carbocycles. The van der Waals surface area contributed by atoms with Crippen molar-refractivity contribution in [3.8, 4) is 0 Å². The fourth-order valence-corrected chi connectivity index (χ4v) is 3.60. The van der Waals surface area contributed by atoms with Gasteiger partial charge in [0.25, 0.3) is 5.91 Å². The second-order valence-electron chi connectivity index (χ2n) is 7.09. The number of carbonyl (C=O) groups is 2. The number of benzene rings is 1. The molecular weight excluding hydrogens is 318 g/mol. The van der Waals surface area contributed by atoms with Crippen LogP contribution in [0.4, 0.5) is 10.5 Å². The van der Waals surface area contributed by atoms with Gasteiger partial charge in [-0.2, -0.15) is 0 Å². The average molecular weight is 345 g/mol. The number of aliphatic hydroxyl groups is 1. The molecule has 0 radical (unpaired) electrons. The van der Waals surface area contributed by atoms with Crippen molar-refractivity contribution in [3.63, 3.8) is 0 Å². The molecule has 0 unspecified atom stereocenters. The average Bonchev–Trinajstić information content (AvgIpc) is 2.62. The van der Waals surface area contributed by atoms with E-state index in [1.165, 1.54) is 6.42 Å². The predicted molar refractivity (Wildman–Crippen MR) is 96.6 cm³/mol. The molecule has 0 spiro atoms. The number of urea groups is 1. The van der Waals surface area contributed by atoms with E-state index < -0.39 is 6.10 Å². The number of nitrogens with zero attached hydrogens (tertiary/aromatic N) is 2. The molecule has 0 saturated carbocycles. The lowest BCUT2D eigenvalue weighted by atomic mass is 10.0. The second-order valence-corrected chi connectivity index (χ2v) is 7.09. The van der Waals surface area contributed by atoms with Gasteiger partial charge < -0.3 is 20.2 Å². The molecule has 25 heavy (non-hydrogen) atoms. The highest BCUT2D eigenvalue weighted by atomic mass is 16.3. The van der Waals surface area contributed by atoms with Gasteiger partial charge in [0.15, 0.2) is 0 Å². The molecule has 0 aromatic heterocycles. The Balaban J connectivity index is 1.60. The highest BCUT2D eigenvalue weighted by Gasteiger charge is 2.24. The Labute approximate surface area is 148 Å². The Morgan fingerprint density at radius 2 is 1.84 bits per heavy atom. The summed E-state index contributed by atoms with van der Waals surface area (Å²) < 4.78 is 0. The summed E-state index contributed by atoms with van der Waals surface area (Å²) >= 11 is 0. The van der Waals surface area contributed by atoms with Gasteiger partial charge in [-0.25, -0.2) is 4.79 Å². The zero-order valence-corrected chi connectivity index (χ0v) is 14.8. The van der Waals surface area contributed by atoms with E-state index in [0.29, 0.717) is 24.3 Å². The van der Waals surface area contributed by atoms with Crippen LogP contribution in [0.15, 0.2) is 24.3 Å². The maximum Gasteiger partial charge on any atom is 0.321 e. The van der Waals surface area contributed by atoms with E-state index in [4.69, 9.17) is 0 Å². The monoisotopic (exact) mass is 345 g/mol. The summed E-state index contributed by atoms with van der Waals surface area (Å²) in [5.41, 5.74) is 1.31. The van der Waals surface area contributed by atoms with Crippen molar-refractivity contribution < 1.29 is 14.7 Å². The van der Waals surface area contributed by atoms with E-state index in [1.54, 1.807) is 29.2 Å². The highest BCUT2D eigenvalue weighted by molar-refractivity contribution is 5.95. The summed E-state index contributed by atoms with van der Waals surface area (Å²) in [5.74, 6) is 0.0595. The third-order valence-electron chi connectivity index (χ3n) is 5.13. The summed E-state index contributed by atoms with van der Waals surface area (Å²) in [6.07, 6.45) is 4.42. The van der Waals surface area contributed by atoms with Crippen molar-refractivity contribution >= 4 is 17.6 Å². The number of carbonyl (C=O) groups excluding carboxylic acids is 2. The molecule has 2 aliphatic heterocycles. The van der Waals surface area contributed by atoms with E-state index in [-0.39, 0.29) is 18.0 Å². The largest absolute Gasteiger partial charge is 0.391 e. The molecule has 136 valence electrons. The van der Waals surface area contributed by atoms with Crippen LogP contribution in [-0.4, -0.2) is 58.6 Å². The van der Waals surface area contributed by atoms with Crippen molar-refractivity contribution in [3.05, 3.63) is 29.8 Å². The van der Waals surface area contributed by atoms with Gasteiger partial charge in [-0.05, 0) is 63.3 Å². The molecule has 1 aromatic carbocycles. The lowest BCUT2D eigenvalue weighted by Crippen LogP contribution is -2.44. The quantitative estimate of drug-likeness (QED) is 0.865. The molecule has 2 aliphatic rings. The van der Waals surface area contributed by atoms with Crippen LogP contribution in [0.25, 0.3) is 0 Å². The Kier molecular flexibility index (Phi) is 5.58. The fraction of sp³-hybridized carbons (Fsp3) is 0.579. The van der Waals surface area contributed by atoms with Crippen LogP contribution in [0.3, 0.4) is 0 Å². The maximum atomic E-state index is 12.6. The van der Waals surface area contributed by atoms with Crippen LogP contribution in [-0.2, 0) is 0 Å². The van der Waals surface area contributed by atoms with Gasteiger partial charge in [-0.15, -0.1) is 0 Å². The first-order chi connectivity index (χ1) is 12.0. The van der Waals surface area contributed by atoms with Crippen molar-refractivity contribution in [2.75, 3.05) is 25.0 Å². The Bertz CT molecular complexity index is 617. The van der Waals surface area contributed by atoms with Crippen LogP contribution in [0.1, 0.15) is 49.4 Å². The van der Waals surface area contributed by atoms with Crippen LogP contribution in [0.5, 0.6) is 0 Å². The van der Waals surface area contributed by atoms with E-state index in [1.807, 2.05) is 4.90 Å². The molecule has 3 amide bonds. The van der Waals surface area contributed by atoms with Gasteiger partial charge in [-0.1, -0.05) is 0 Å². The van der Waals surface area contributed by atoms with E-state index >= 15 is 0 Å². The molecule has 6 nitrogen and oxygen atoms in total. The Hall–Kier alpha value is -2.08. The first-order valence-corrected chi connectivity index (χ1v) is 9.19. The number of piperidine rings is 2. The van der Waals surface area contributed by atoms with Gasteiger partial charge in [0.05, 0.1) is 6.10 Å². The number of rotatable bonds is 2. The Morgan fingerprint density at radius 1 is 1.08 bits per heavy atom. The SMILES string of the molecule is C[C@H]1CCCCN1C(=O)c1ccc(NC(=O)N2CCC[C@@H](O)C2)cc1. The smallest absolute Gasteiger partial charge is 0.321 e. The van der Waals surface area contributed by atoms with E-state index in [9.17, 15) is 14.7 Å². The van der Waals surface area contributed by atoms with Crippen LogP contribution in [0, 0.1) is 0 Å². The van der Waals surface area contributed by atoms with Crippen molar-refractivity contribution in [2.24, 2.45) is 0 Å². The molecule has 2 heterocycles. The molecule has 3 rings (SSSR count).